The number of nitrogens with zero attached hydrogens (tertiary/aromatic N) is 4. The lowest BCUT2D eigenvalue weighted by Crippen LogP contribution is -2.33. The van der Waals surface area contributed by atoms with Crippen molar-refractivity contribution < 1.29 is 4.74 Å². The van der Waals surface area contributed by atoms with E-state index in [1.54, 1.807) is 14.2 Å². The van der Waals surface area contributed by atoms with E-state index in [9.17, 15) is 4.79 Å². The van der Waals surface area contributed by atoms with Gasteiger partial charge >= 0.3 is 0 Å². The number of hydrogen-bond acceptors (Lipinski definition) is 10. The van der Waals surface area contributed by atoms with Crippen LogP contribution in [-0.4, -0.2) is 49.7 Å². The van der Waals surface area contributed by atoms with Crippen LogP contribution >= 0.6 is 37.2 Å². The summed E-state index contributed by atoms with van der Waals surface area (Å²) >= 11 is 4.24. The van der Waals surface area contributed by atoms with Crippen LogP contribution in [0.4, 0.5) is 23.4 Å². The minimum absolute atomic E-state index is 0.0783. The van der Waals surface area contributed by atoms with Crippen molar-refractivity contribution in [1.82, 2.24) is 29.9 Å². The average molecular weight is 614 g/mol. The summed E-state index contributed by atoms with van der Waals surface area (Å²) in [7, 11) is 3.36. The molecule has 0 atom stereocenters. The molecule has 0 saturated carbocycles. The zero-order chi connectivity index (χ0) is 20.9. The standard InChI is InChI=1S/C9H15N5O.C5H5N5O.I2/c1-9(2)13-5-6(14-9)11-8(10-3)12-7(5)15-4;6-5-9-3-2(4(11)10-5)7-1-8-3;1-2/h13H,1-4H3,(H2,10,11,12,14);1H,(H4,6,7,8,9,10,11);. The quantitative estimate of drug-likeness (QED) is 0.235. The first kappa shape index (κ1) is 22.2. The highest BCUT2D eigenvalue weighted by Crippen LogP contribution is 2.38. The smallest absolute Gasteiger partial charge is 0.278 e. The number of nitrogens with one attached hydrogen (secondary N) is 5. The molecular weight excluding hydrogens is 594 g/mol. The van der Waals surface area contributed by atoms with Crippen LogP contribution in [-0.2, 0) is 0 Å². The predicted octanol–water partition coefficient (Wildman–Crippen LogP) is 2.10. The first-order valence-electron chi connectivity index (χ1n) is 7.86. The lowest BCUT2D eigenvalue weighted by molar-refractivity contribution is 0.400. The Morgan fingerprint density at radius 2 is 1.93 bits per heavy atom. The number of anilines is 4. The molecule has 152 valence electrons. The molecule has 1 aliphatic rings. The van der Waals surface area contributed by atoms with Crippen LogP contribution in [0.25, 0.3) is 11.2 Å². The molecule has 0 spiro atoms. The summed E-state index contributed by atoms with van der Waals surface area (Å²) in [6, 6.07) is 0. The number of nitrogens with two attached hydrogens (primary N) is 1. The molecule has 1 aliphatic heterocycles. The molecule has 3 aromatic rings. The number of ether oxygens (including phenoxy) is 1. The average Bonchev–Trinajstić information content (AvgIpc) is 3.25. The van der Waals surface area contributed by atoms with Gasteiger partial charge in [-0.05, 0) is 13.8 Å². The molecule has 14 heteroatoms. The Labute approximate surface area is 183 Å². The molecule has 12 nitrogen and oxygen atoms in total. The predicted molar refractivity (Wildman–Crippen MR) is 126 cm³/mol. The number of H-pyrrole nitrogens is 2. The lowest BCUT2D eigenvalue weighted by Gasteiger charge is -2.18. The van der Waals surface area contributed by atoms with Gasteiger partial charge in [0.1, 0.15) is 11.4 Å². The number of aromatic amines is 2. The highest BCUT2D eigenvalue weighted by molar-refractivity contribution is 15.0. The van der Waals surface area contributed by atoms with Crippen LogP contribution in [0.5, 0.6) is 5.88 Å². The molecule has 4 rings (SSSR count). The minimum atomic E-state index is -0.301. The second-order valence-corrected chi connectivity index (χ2v) is 5.96. The molecule has 0 fully saturated rings. The Morgan fingerprint density at radius 1 is 1.21 bits per heavy atom. The van der Waals surface area contributed by atoms with Crippen molar-refractivity contribution in [2.45, 2.75) is 19.5 Å². The van der Waals surface area contributed by atoms with Crippen molar-refractivity contribution in [2.75, 3.05) is 35.8 Å². The van der Waals surface area contributed by atoms with E-state index < -0.39 is 0 Å². The minimum Gasteiger partial charge on any atom is -0.479 e. The largest absolute Gasteiger partial charge is 0.479 e. The molecule has 0 radical (unpaired) electrons. The van der Waals surface area contributed by atoms with Crippen molar-refractivity contribution in [3.63, 3.8) is 0 Å². The summed E-state index contributed by atoms with van der Waals surface area (Å²) in [6.45, 7) is 4.04. The Bertz CT molecular complexity index is 1000. The van der Waals surface area contributed by atoms with Gasteiger partial charge in [0.2, 0.25) is 17.8 Å². The van der Waals surface area contributed by atoms with Gasteiger partial charge in [0.15, 0.2) is 17.0 Å². The van der Waals surface area contributed by atoms with E-state index in [0.717, 1.165) is 11.5 Å². The summed E-state index contributed by atoms with van der Waals surface area (Å²) in [4.78, 5) is 32.0. The number of fused-ring (bicyclic) bond motifs is 2. The van der Waals surface area contributed by atoms with Crippen molar-refractivity contribution in [3.05, 3.63) is 16.7 Å². The molecule has 0 unspecified atom stereocenters. The van der Waals surface area contributed by atoms with E-state index in [2.05, 4.69) is 83.1 Å². The molecule has 0 aliphatic carbocycles. The van der Waals surface area contributed by atoms with Crippen LogP contribution in [0.1, 0.15) is 13.8 Å². The van der Waals surface area contributed by atoms with Gasteiger partial charge in [-0.3, -0.25) is 9.78 Å². The number of hydrogen-bond donors (Lipinski definition) is 6. The maximum atomic E-state index is 11.0. The third kappa shape index (κ3) is 5.03. The second-order valence-electron chi connectivity index (χ2n) is 5.96. The molecule has 0 saturated heterocycles. The topological polar surface area (TPSA) is 172 Å². The SMILES string of the molecule is CNc1nc2c(c(OC)n1)NC(C)(C)N2.II.Nc1nc2nc[nH]c2c(=O)[nH]1. The van der Waals surface area contributed by atoms with E-state index in [0.29, 0.717) is 23.0 Å². The maximum absolute atomic E-state index is 11.0. The number of rotatable bonds is 2. The van der Waals surface area contributed by atoms with Gasteiger partial charge in [0.25, 0.3) is 5.56 Å². The van der Waals surface area contributed by atoms with Gasteiger partial charge in [-0.15, -0.1) is 0 Å². The number of methoxy groups -OCH3 is 1. The van der Waals surface area contributed by atoms with Gasteiger partial charge in [-0.25, -0.2) is 4.98 Å². The molecule has 0 bridgehead atoms. The van der Waals surface area contributed by atoms with E-state index in [4.69, 9.17) is 10.5 Å². The Morgan fingerprint density at radius 3 is 2.57 bits per heavy atom. The fourth-order valence-electron chi connectivity index (χ4n) is 2.40. The molecule has 7 N–H and O–H groups in total. The van der Waals surface area contributed by atoms with Gasteiger partial charge in [0.05, 0.1) is 13.4 Å². The zero-order valence-electron chi connectivity index (χ0n) is 15.5. The fraction of sp³-hybridized carbons (Fsp3) is 0.357. The van der Waals surface area contributed by atoms with E-state index >= 15 is 0 Å². The van der Waals surface area contributed by atoms with E-state index in [-0.39, 0.29) is 17.2 Å². The van der Waals surface area contributed by atoms with Crippen molar-refractivity contribution in [2.24, 2.45) is 0 Å². The molecular formula is C14H20I2N10O2. The number of halogens is 2. The Hall–Kier alpha value is -2.11. The highest BCUT2D eigenvalue weighted by Gasteiger charge is 2.31. The molecule has 0 amide bonds. The third-order valence-electron chi connectivity index (χ3n) is 3.48. The summed E-state index contributed by atoms with van der Waals surface area (Å²) in [6.07, 6.45) is 1.40. The first-order valence-corrected chi connectivity index (χ1v) is 14.1. The maximum Gasteiger partial charge on any atom is 0.278 e. The van der Waals surface area contributed by atoms with Crippen molar-refractivity contribution >= 4 is 71.8 Å². The Balaban J connectivity index is 0.000000191. The summed E-state index contributed by atoms with van der Waals surface area (Å²) in [5.74, 6) is 1.92. The number of nitrogen functional groups attached to an aromatic ring is 1. The van der Waals surface area contributed by atoms with Gasteiger partial charge < -0.3 is 31.4 Å². The Kier molecular flexibility index (Phi) is 7.44. The molecule has 4 heterocycles. The molecule has 0 aromatic carbocycles. The molecule has 3 aromatic heterocycles. The van der Waals surface area contributed by atoms with E-state index in [1.807, 2.05) is 13.8 Å². The highest BCUT2D eigenvalue weighted by atomic mass is 128. The summed E-state index contributed by atoms with van der Waals surface area (Å²) < 4.78 is 5.20. The summed E-state index contributed by atoms with van der Waals surface area (Å²) in [5.41, 5.74) is 6.23. The van der Waals surface area contributed by atoms with Crippen LogP contribution in [0.3, 0.4) is 0 Å². The number of aromatic nitrogens is 6. The second kappa shape index (κ2) is 9.39. The lowest BCUT2D eigenvalue weighted by atomic mass is 10.3. The number of imidazole rings is 1. The first-order chi connectivity index (χ1) is 13.3. The van der Waals surface area contributed by atoms with Gasteiger partial charge in [0, 0.05) is 44.3 Å². The normalized spacial score (nSPS) is 13.1. The van der Waals surface area contributed by atoms with E-state index in [1.165, 1.54) is 6.33 Å². The van der Waals surface area contributed by atoms with Gasteiger partial charge in [-0.2, -0.15) is 15.0 Å². The van der Waals surface area contributed by atoms with Gasteiger partial charge in [-0.1, -0.05) is 0 Å². The van der Waals surface area contributed by atoms with Crippen LogP contribution < -0.4 is 32.0 Å². The van der Waals surface area contributed by atoms with Crippen LogP contribution in [0, 0.1) is 0 Å². The summed E-state index contributed by atoms with van der Waals surface area (Å²) in [5, 5.41) is 9.39. The fourth-order valence-corrected chi connectivity index (χ4v) is 2.40. The van der Waals surface area contributed by atoms with Crippen LogP contribution in [0.2, 0.25) is 0 Å². The van der Waals surface area contributed by atoms with Crippen molar-refractivity contribution in [1.29, 1.82) is 0 Å². The monoisotopic (exact) mass is 614 g/mol. The zero-order valence-corrected chi connectivity index (χ0v) is 19.8. The molecule has 28 heavy (non-hydrogen) atoms. The third-order valence-corrected chi connectivity index (χ3v) is 3.48. The van der Waals surface area contributed by atoms with Crippen LogP contribution in [0.15, 0.2) is 11.1 Å². The van der Waals surface area contributed by atoms with Crippen molar-refractivity contribution in [3.8, 4) is 5.88 Å².